The average molecular weight is 368 g/mol. The fourth-order valence-corrected chi connectivity index (χ4v) is 3.88. The molecule has 1 atom stereocenters. The van der Waals surface area contributed by atoms with Crippen molar-refractivity contribution in [3.8, 4) is 11.3 Å². The maximum absolute atomic E-state index is 13.0. The Kier molecular flexibility index (Phi) is 5.05. The van der Waals surface area contributed by atoms with Crippen LogP contribution in [0.5, 0.6) is 0 Å². The van der Waals surface area contributed by atoms with Gasteiger partial charge in [-0.15, -0.1) is 0 Å². The third kappa shape index (κ3) is 3.94. The largest absolute Gasteiger partial charge is 0.381 e. The first kappa shape index (κ1) is 17.9. The number of rotatable bonds is 3. The lowest BCUT2D eigenvalue weighted by atomic mass is 9.84. The molecule has 1 aromatic carbocycles. The molecule has 7 heteroatoms. The summed E-state index contributed by atoms with van der Waals surface area (Å²) in [5, 5.41) is 3.16. The number of nitrogens with two attached hydrogens (primary N) is 1. The molecule has 1 aromatic heterocycles. The van der Waals surface area contributed by atoms with Crippen molar-refractivity contribution in [3.05, 3.63) is 42.1 Å². The molecule has 1 amide bonds. The first-order chi connectivity index (χ1) is 13.2. The Hall–Kier alpha value is -2.51. The minimum absolute atomic E-state index is 0.0607. The van der Waals surface area contributed by atoms with Crippen molar-refractivity contribution >= 4 is 11.9 Å². The van der Waals surface area contributed by atoms with Gasteiger partial charge in [0.2, 0.25) is 5.95 Å². The van der Waals surface area contributed by atoms with Crippen molar-refractivity contribution in [1.29, 1.82) is 0 Å². The normalized spacial score (nSPS) is 21.7. The summed E-state index contributed by atoms with van der Waals surface area (Å²) in [4.78, 5) is 21.3. The number of anilines is 1. The number of hydrogen-bond acceptors (Lipinski definition) is 6. The number of aromatic nitrogens is 2. The van der Waals surface area contributed by atoms with E-state index >= 15 is 0 Å². The Balaban J connectivity index is 1.53. The number of ether oxygens (including phenoxy) is 2. The van der Waals surface area contributed by atoms with Crippen LogP contribution in [0.1, 0.15) is 36.0 Å². The van der Waals surface area contributed by atoms with Gasteiger partial charge in [0, 0.05) is 37.6 Å². The Labute approximate surface area is 158 Å². The molecule has 0 radical (unpaired) electrons. The Morgan fingerprint density at radius 3 is 2.74 bits per heavy atom. The molecule has 2 fully saturated rings. The van der Waals surface area contributed by atoms with Crippen molar-refractivity contribution in [2.45, 2.75) is 37.3 Å². The van der Waals surface area contributed by atoms with Gasteiger partial charge in [-0.3, -0.25) is 4.79 Å². The van der Waals surface area contributed by atoms with E-state index in [-0.39, 0.29) is 23.5 Å². The fourth-order valence-electron chi connectivity index (χ4n) is 3.88. The summed E-state index contributed by atoms with van der Waals surface area (Å²) in [6, 6.07) is 9.60. The van der Waals surface area contributed by atoms with Crippen LogP contribution in [0.25, 0.3) is 11.3 Å². The third-order valence-electron chi connectivity index (χ3n) is 5.33. The quantitative estimate of drug-likeness (QED) is 0.861. The molecule has 0 saturated carbocycles. The van der Waals surface area contributed by atoms with Crippen LogP contribution in [0.3, 0.4) is 0 Å². The van der Waals surface area contributed by atoms with E-state index < -0.39 is 0 Å². The Morgan fingerprint density at radius 1 is 1.19 bits per heavy atom. The Bertz CT molecular complexity index is 801. The van der Waals surface area contributed by atoms with E-state index in [2.05, 4.69) is 15.3 Å². The van der Waals surface area contributed by atoms with E-state index in [1.54, 1.807) is 0 Å². The highest BCUT2D eigenvalue weighted by Gasteiger charge is 2.39. The van der Waals surface area contributed by atoms with Crippen molar-refractivity contribution in [3.63, 3.8) is 0 Å². The molecule has 142 valence electrons. The van der Waals surface area contributed by atoms with E-state index in [4.69, 9.17) is 15.2 Å². The summed E-state index contributed by atoms with van der Waals surface area (Å²) in [5.41, 5.74) is 7.41. The van der Waals surface area contributed by atoms with Crippen molar-refractivity contribution in [2.75, 3.05) is 25.6 Å². The van der Waals surface area contributed by atoms with Crippen molar-refractivity contribution in [2.24, 2.45) is 0 Å². The topological polar surface area (TPSA) is 99.4 Å². The number of carbonyl (C=O) groups is 1. The number of nitrogens with zero attached hydrogens (tertiary/aromatic N) is 2. The number of benzene rings is 1. The summed E-state index contributed by atoms with van der Waals surface area (Å²) < 4.78 is 11.5. The second-order valence-corrected chi connectivity index (χ2v) is 7.16. The van der Waals surface area contributed by atoms with Gasteiger partial charge in [0.05, 0.1) is 16.9 Å². The van der Waals surface area contributed by atoms with Gasteiger partial charge >= 0.3 is 0 Å². The van der Waals surface area contributed by atoms with Crippen LogP contribution in [-0.2, 0) is 9.47 Å². The van der Waals surface area contributed by atoms with Gasteiger partial charge in [-0.05, 0) is 25.7 Å². The molecule has 3 N–H and O–H groups in total. The molecule has 4 rings (SSSR count). The second kappa shape index (κ2) is 7.62. The highest BCUT2D eigenvalue weighted by atomic mass is 16.5. The van der Waals surface area contributed by atoms with Crippen molar-refractivity contribution in [1.82, 2.24) is 15.3 Å². The number of amides is 1. The summed E-state index contributed by atoms with van der Waals surface area (Å²) in [6.07, 6.45) is 4.85. The standard InChI is InChI=1S/C20H24N4O3/c21-19-22-13-16(17(24-19)14-4-2-1-3-5-14)18(25)23-15-6-9-27-20(12-15)7-10-26-11-8-20/h1-5,13,15H,6-12H2,(H,23,25)(H2,21,22,24)/t15-/m1/s1. The van der Waals surface area contributed by atoms with Gasteiger partial charge in [-0.1, -0.05) is 30.3 Å². The van der Waals surface area contributed by atoms with Crippen LogP contribution in [0.2, 0.25) is 0 Å². The third-order valence-corrected chi connectivity index (χ3v) is 5.33. The number of nitrogen functional groups attached to an aromatic ring is 1. The van der Waals surface area contributed by atoms with Gasteiger partial charge in [-0.25, -0.2) is 9.97 Å². The zero-order valence-corrected chi connectivity index (χ0v) is 15.2. The smallest absolute Gasteiger partial charge is 0.255 e. The molecule has 0 aliphatic carbocycles. The van der Waals surface area contributed by atoms with Crippen LogP contribution in [0.4, 0.5) is 5.95 Å². The monoisotopic (exact) mass is 368 g/mol. The molecule has 2 saturated heterocycles. The molecule has 7 nitrogen and oxygen atoms in total. The average Bonchev–Trinajstić information content (AvgIpc) is 2.69. The van der Waals surface area contributed by atoms with Gasteiger partial charge < -0.3 is 20.5 Å². The molecule has 27 heavy (non-hydrogen) atoms. The van der Waals surface area contributed by atoms with Crippen LogP contribution in [-0.4, -0.2) is 47.3 Å². The van der Waals surface area contributed by atoms with Crippen LogP contribution >= 0.6 is 0 Å². The highest BCUT2D eigenvalue weighted by Crippen LogP contribution is 2.34. The van der Waals surface area contributed by atoms with E-state index in [0.29, 0.717) is 31.1 Å². The number of hydrogen-bond donors (Lipinski definition) is 2. The summed E-state index contributed by atoms with van der Waals surface area (Å²) in [6.45, 7) is 2.07. The molecular weight excluding hydrogens is 344 g/mol. The summed E-state index contributed by atoms with van der Waals surface area (Å²) >= 11 is 0. The molecule has 2 aromatic rings. The van der Waals surface area contributed by atoms with Gasteiger partial charge in [0.15, 0.2) is 0 Å². The number of nitrogens with one attached hydrogen (secondary N) is 1. The molecule has 3 heterocycles. The minimum Gasteiger partial charge on any atom is -0.381 e. The van der Waals surface area contributed by atoms with Gasteiger partial charge in [-0.2, -0.15) is 0 Å². The SMILES string of the molecule is Nc1ncc(C(=O)N[C@@H]2CCOC3(CCOCC3)C2)c(-c2ccccc2)n1. The first-order valence-electron chi connectivity index (χ1n) is 9.36. The van der Waals surface area contributed by atoms with E-state index in [1.165, 1.54) is 6.20 Å². The molecule has 0 unspecified atom stereocenters. The van der Waals surface area contributed by atoms with Gasteiger partial charge in [0.1, 0.15) is 0 Å². The minimum atomic E-state index is -0.178. The fraction of sp³-hybridized carbons (Fsp3) is 0.450. The first-order valence-corrected chi connectivity index (χ1v) is 9.36. The summed E-state index contributed by atoms with van der Waals surface area (Å²) in [7, 11) is 0. The van der Waals surface area contributed by atoms with Crippen LogP contribution in [0, 0.1) is 0 Å². The lowest BCUT2D eigenvalue weighted by Crippen LogP contribution is -2.51. The maximum atomic E-state index is 13.0. The highest BCUT2D eigenvalue weighted by molar-refractivity contribution is 5.99. The zero-order valence-electron chi connectivity index (χ0n) is 15.2. The lowest BCUT2D eigenvalue weighted by molar-refractivity contribution is -0.139. The predicted molar refractivity (Wildman–Crippen MR) is 101 cm³/mol. The molecular formula is C20H24N4O3. The van der Waals surface area contributed by atoms with E-state index in [1.807, 2.05) is 30.3 Å². The Morgan fingerprint density at radius 2 is 1.96 bits per heavy atom. The molecule has 0 bridgehead atoms. The number of carbonyl (C=O) groups excluding carboxylic acids is 1. The molecule has 1 spiro atoms. The van der Waals surface area contributed by atoms with E-state index in [9.17, 15) is 4.79 Å². The summed E-state index contributed by atoms with van der Waals surface area (Å²) in [5.74, 6) is -0.0272. The maximum Gasteiger partial charge on any atom is 0.255 e. The van der Waals surface area contributed by atoms with Crippen LogP contribution < -0.4 is 11.1 Å². The molecule has 2 aliphatic rings. The van der Waals surface area contributed by atoms with Crippen molar-refractivity contribution < 1.29 is 14.3 Å². The van der Waals surface area contributed by atoms with E-state index in [0.717, 1.165) is 31.2 Å². The second-order valence-electron chi connectivity index (χ2n) is 7.16. The lowest BCUT2D eigenvalue weighted by Gasteiger charge is -2.43. The van der Waals surface area contributed by atoms with Gasteiger partial charge in [0.25, 0.3) is 5.91 Å². The predicted octanol–water partition coefficient (Wildman–Crippen LogP) is 2.18. The van der Waals surface area contributed by atoms with Crippen LogP contribution in [0.15, 0.2) is 36.5 Å². The molecule has 2 aliphatic heterocycles. The zero-order chi connectivity index (χ0) is 18.7.